The van der Waals surface area contributed by atoms with Crippen LogP contribution in [0.15, 0.2) is 30.3 Å². The van der Waals surface area contributed by atoms with E-state index in [1.165, 1.54) is 0 Å². The molecule has 0 aliphatic carbocycles. The monoisotopic (exact) mass is 367 g/mol. The van der Waals surface area contributed by atoms with E-state index < -0.39 is 54.9 Å². The van der Waals surface area contributed by atoms with Crippen molar-refractivity contribution in [1.29, 1.82) is 0 Å². The van der Waals surface area contributed by atoms with Gasteiger partial charge in [0.1, 0.15) is 12.1 Å². The topological polar surface area (TPSA) is 179 Å². The molecule has 0 heterocycles. The quantitative estimate of drug-likeness (QED) is 0.277. The lowest BCUT2D eigenvalue weighted by molar-refractivity contribution is -0.143. The fourth-order valence-corrected chi connectivity index (χ4v) is 2.08. The summed E-state index contributed by atoms with van der Waals surface area (Å²) in [5.74, 6) is -4.46. The van der Waals surface area contributed by atoms with Gasteiger partial charge in [0, 0.05) is 6.42 Å². The fraction of sp³-hybridized carbons (Fsp3) is 0.375. The summed E-state index contributed by atoms with van der Waals surface area (Å²) in [6, 6.07) is 4.44. The third kappa shape index (κ3) is 6.87. The molecule has 0 saturated carbocycles. The summed E-state index contributed by atoms with van der Waals surface area (Å²) in [5.41, 5.74) is 6.05. The van der Waals surface area contributed by atoms with E-state index in [9.17, 15) is 29.4 Å². The van der Waals surface area contributed by atoms with E-state index in [0.717, 1.165) is 0 Å². The van der Waals surface area contributed by atoms with Gasteiger partial charge in [0.2, 0.25) is 11.8 Å². The standard InChI is InChI=1S/C16H21N3O7/c17-10(7-13(21)22)14(23)19-12(8-20)15(24)18-11(16(25)26)6-9-4-2-1-3-5-9/h1-5,10-12,20H,6-8,17H2,(H,18,24)(H,19,23)(H,21,22)(H,25,26). The summed E-state index contributed by atoms with van der Waals surface area (Å²) in [4.78, 5) is 45.8. The molecule has 142 valence electrons. The number of nitrogens with two attached hydrogens (primary N) is 1. The van der Waals surface area contributed by atoms with Crippen molar-refractivity contribution >= 4 is 23.8 Å². The van der Waals surface area contributed by atoms with Crippen molar-refractivity contribution in [2.75, 3.05) is 6.61 Å². The third-order valence-electron chi connectivity index (χ3n) is 3.44. The number of carboxylic acid groups (broad SMARTS) is 2. The van der Waals surface area contributed by atoms with Gasteiger partial charge in [-0.15, -0.1) is 0 Å². The minimum absolute atomic E-state index is 0.00648. The van der Waals surface area contributed by atoms with Gasteiger partial charge < -0.3 is 31.7 Å². The number of benzene rings is 1. The first-order valence-corrected chi connectivity index (χ1v) is 7.70. The zero-order valence-corrected chi connectivity index (χ0v) is 13.8. The van der Waals surface area contributed by atoms with Crippen LogP contribution in [0.3, 0.4) is 0 Å². The molecule has 2 amide bonds. The van der Waals surface area contributed by atoms with Gasteiger partial charge in [0.25, 0.3) is 0 Å². The van der Waals surface area contributed by atoms with Crippen molar-refractivity contribution in [3.8, 4) is 0 Å². The normalized spacial score (nSPS) is 13.9. The zero-order chi connectivity index (χ0) is 19.7. The highest BCUT2D eigenvalue weighted by Crippen LogP contribution is 2.04. The average Bonchev–Trinajstić information content (AvgIpc) is 2.58. The fourth-order valence-electron chi connectivity index (χ4n) is 2.08. The number of rotatable bonds is 10. The molecule has 0 saturated heterocycles. The molecule has 10 heteroatoms. The van der Waals surface area contributed by atoms with Crippen LogP contribution in [0.4, 0.5) is 0 Å². The Labute approximate surface area is 149 Å². The summed E-state index contributed by atoms with van der Waals surface area (Å²) < 4.78 is 0. The second kappa shape index (κ2) is 10.1. The van der Waals surface area contributed by atoms with Crippen LogP contribution >= 0.6 is 0 Å². The second-order valence-corrected chi connectivity index (χ2v) is 5.54. The Bertz CT molecular complexity index is 651. The Kier molecular flexibility index (Phi) is 8.19. The second-order valence-electron chi connectivity index (χ2n) is 5.54. The lowest BCUT2D eigenvalue weighted by Crippen LogP contribution is -2.56. The molecule has 7 N–H and O–H groups in total. The number of carboxylic acids is 2. The SMILES string of the molecule is NC(CC(=O)O)C(=O)NC(CO)C(=O)NC(Cc1ccccc1)C(=O)O. The largest absolute Gasteiger partial charge is 0.481 e. The minimum Gasteiger partial charge on any atom is -0.481 e. The summed E-state index contributed by atoms with van der Waals surface area (Å²) in [7, 11) is 0. The van der Waals surface area contributed by atoms with Gasteiger partial charge in [-0.3, -0.25) is 14.4 Å². The highest BCUT2D eigenvalue weighted by molar-refractivity contribution is 5.93. The number of hydrogen-bond donors (Lipinski definition) is 6. The van der Waals surface area contributed by atoms with Crippen molar-refractivity contribution in [3.63, 3.8) is 0 Å². The number of nitrogens with one attached hydrogen (secondary N) is 2. The van der Waals surface area contributed by atoms with Gasteiger partial charge >= 0.3 is 11.9 Å². The molecule has 0 aliphatic heterocycles. The first-order chi connectivity index (χ1) is 12.2. The lowest BCUT2D eigenvalue weighted by atomic mass is 10.1. The number of aliphatic carboxylic acids is 2. The number of aliphatic hydroxyl groups excluding tert-OH is 1. The Balaban J connectivity index is 2.71. The molecule has 0 aliphatic rings. The molecule has 0 bridgehead atoms. The number of amides is 2. The molecule has 1 aromatic carbocycles. The van der Waals surface area contributed by atoms with Crippen LogP contribution in [0.25, 0.3) is 0 Å². The van der Waals surface area contributed by atoms with Crippen molar-refractivity contribution < 1.29 is 34.5 Å². The molecule has 1 rings (SSSR count). The van der Waals surface area contributed by atoms with Crippen LogP contribution in [-0.2, 0) is 25.6 Å². The number of aliphatic hydroxyl groups is 1. The molecular weight excluding hydrogens is 346 g/mol. The lowest BCUT2D eigenvalue weighted by Gasteiger charge is -2.21. The molecule has 3 atom stereocenters. The maximum atomic E-state index is 12.2. The first kappa shape index (κ1) is 21.1. The van der Waals surface area contributed by atoms with Crippen LogP contribution in [0, 0.1) is 0 Å². The summed E-state index contributed by atoms with van der Waals surface area (Å²) in [6.45, 7) is -0.810. The van der Waals surface area contributed by atoms with E-state index in [-0.39, 0.29) is 6.42 Å². The van der Waals surface area contributed by atoms with Crippen molar-refractivity contribution in [3.05, 3.63) is 35.9 Å². The third-order valence-corrected chi connectivity index (χ3v) is 3.44. The van der Waals surface area contributed by atoms with Gasteiger partial charge in [-0.1, -0.05) is 30.3 Å². The Morgan fingerprint density at radius 2 is 1.54 bits per heavy atom. The Morgan fingerprint density at radius 1 is 0.962 bits per heavy atom. The van der Waals surface area contributed by atoms with Gasteiger partial charge in [-0.05, 0) is 5.56 Å². The van der Waals surface area contributed by atoms with Crippen molar-refractivity contribution in [2.45, 2.75) is 31.0 Å². The van der Waals surface area contributed by atoms with Crippen molar-refractivity contribution in [2.24, 2.45) is 5.73 Å². The van der Waals surface area contributed by atoms with E-state index in [1.54, 1.807) is 30.3 Å². The van der Waals surface area contributed by atoms with Crippen LogP contribution < -0.4 is 16.4 Å². The van der Waals surface area contributed by atoms with E-state index in [0.29, 0.717) is 5.56 Å². The van der Waals surface area contributed by atoms with E-state index in [4.69, 9.17) is 10.8 Å². The van der Waals surface area contributed by atoms with Gasteiger partial charge in [0.05, 0.1) is 19.1 Å². The number of carbonyl (C=O) groups is 4. The molecule has 0 spiro atoms. The van der Waals surface area contributed by atoms with E-state index >= 15 is 0 Å². The smallest absolute Gasteiger partial charge is 0.326 e. The molecule has 0 radical (unpaired) electrons. The maximum absolute atomic E-state index is 12.2. The summed E-state index contributed by atoms with van der Waals surface area (Å²) in [5, 5.41) is 31.5. The molecular formula is C16H21N3O7. The van der Waals surface area contributed by atoms with Gasteiger partial charge in [-0.25, -0.2) is 4.79 Å². The van der Waals surface area contributed by atoms with Gasteiger partial charge in [-0.2, -0.15) is 0 Å². The molecule has 0 aromatic heterocycles. The predicted molar refractivity (Wildman–Crippen MR) is 89.0 cm³/mol. The maximum Gasteiger partial charge on any atom is 0.326 e. The molecule has 3 unspecified atom stereocenters. The molecule has 1 aromatic rings. The van der Waals surface area contributed by atoms with Crippen LogP contribution in [0.2, 0.25) is 0 Å². The zero-order valence-electron chi connectivity index (χ0n) is 13.8. The van der Waals surface area contributed by atoms with Crippen LogP contribution in [0.5, 0.6) is 0 Å². The Morgan fingerprint density at radius 3 is 2.04 bits per heavy atom. The van der Waals surface area contributed by atoms with Crippen LogP contribution in [-0.4, -0.2) is 63.8 Å². The number of carbonyl (C=O) groups excluding carboxylic acids is 2. The average molecular weight is 367 g/mol. The summed E-state index contributed by atoms with van der Waals surface area (Å²) in [6.07, 6.45) is -0.649. The number of hydrogen-bond acceptors (Lipinski definition) is 6. The molecule has 0 fully saturated rings. The predicted octanol–water partition coefficient (Wildman–Crippen LogP) is -1.92. The van der Waals surface area contributed by atoms with Crippen LogP contribution in [0.1, 0.15) is 12.0 Å². The highest BCUT2D eigenvalue weighted by atomic mass is 16.4. The van der Waals surface area contributed by atoms with E-state index in [2.05, 4.69) is 10.6 Å². The Hall–Kier alpha value is -2.98. The van der Waals surface area contributed by atoms with Crippen molar-refractivity contribution in [1.82, 2.24) is 10.6 Å². The first-order valence-electron chi connectivity index (χ1n) is 7.70. The highest BCUT2D eigenvalue weighted by Gasteiger charge is 2.28. The van der Waals surface area contributed by atoms with E-state index in [1.807, 2.05) is 0 Å². The summed E-state index contributed by atoms with van der Waals surface area (Å²) >= 11 is 0. The molecule has 10 nitrogen and oxygen atoms in total. The minimum atomic E-state index is -1.46. The van der Waals surface area contributed by atoms with Gasteiger partial charge in [0.15, 0.2) is 0 Å². The molecule has 26 heavy (non-hydrogen) atoms.